The minimum absolute atomic E-state index is 0.0851. The van der Waals surface area contributed by atoms with Crippen LogP contribution in [0.1, 0.15) is 6.92 Å². The van der Waals surface area contributed by atoms with Crippen molar-refractivity contribution in [1.82, 2.24) is 0 Å². The summed E-state index contributed by atoms with van der Waals surface area (Å²) in [7, 11) is 0. The monoisotopic (exact) mass is 373 g/mol. The number of ether oxygens (including phenoxy) is 2. The summed E-state index contributed by atoms with van der Waals surface area (Å²) in [4.78, 5) is 12.2. The van der Waals surface area contributed by atoms with Crippen LogP contribution >= 0.6 is 11.6 Å². The fourth-order valence-corrected chi connectivity index (χ4v) is 2.05. The molecule has 4 nitrogen and oxygen atoms in total. The topological polar surface area (TPSA) is 47.6 Å². The molecule has 0 spiro atoms. The van der Waals surface area contributed by atoms with E-state index in [0.717, 1.165) is 0 Å². The van der Waals surface area contributed by atoms with E-state index in [-0.39, 0.29) is 11.4 Å². The Morgan fingerprint density at radius 3 is 2.36 bits per heavy atom. The maximum absolute atomic E-state index is 12.3. The van der Waals surface area contributed by atoms with Crippen LogP contribution in [0.5, 0.6) is 11.5 Å². The predicted octanol–water partition coefficient (Wildman–Crippen LogP) is 4.69. The van der Waals surface area contributed by atoms with Gasteiger partial charge in [0.05, 0.1) is 10.7 Å². The Morgan fingerprint density at radius 2 is 1.72 bits per heavy atom. The molecule has 0 aliphatic heterocycles. The first-order valence-corrected chi connectivity index (χ1v) is 7.64. The minimum atomic E-state index is -4.47. The average Bonchev–Trinajstić information content (AvgIpc) is 2.55. The molecule has 2 aromatic rings. The first-order valence-electron chi connectivity index (χ1n) is 7.27. The van der Waals surface area contributed by atoms with Crippen molar-refractivity contribution in [2.75, 3.05) is 11.9 Å². The summed E-state index contributed by atoms with van der Waals surface area (Å²) in [5, 5.41) is 2.83. The number of anilines is 1. The maximum atomic E-state index is 12.3. The van der Waals surface area contributed by atoms with Crippen molar-refractivity contribution < 1.29 is 27.4 Å². The Hall–Kier alpha value is -2.41. The van der Waals surface area contributed by atoms with Crippen molar-refractivity contribution in [1.29, 1.82) is 0 Å². The van der Waals surface area contributed by atoms with E-state index in [2.05, 4.69) is 5.32 Å². The highest BCUT2D eigenvalue weighted by Crippen LogP contribution is 2.27. The van der Waals surface area contributed by atoms with Gasteiger partial charge in [-0.2, -0.15) is 13.2 Å². The van der Waals surface area contributed by atoms with Crippen LogP contribution in [-0.4, -0.2) is 24.8 Å². The Kier molecular flexibility index (Phi) is 6.14. The molecule has 8 heteroatoms. The van der Waals surface area contributed by atoms with E-state index in [1.54, 1.807) is 30.3 Å². The summed E-state index contributed by atoms with van der Waals surface area (Å²) in [6.45, 7) is 0.0450. The van der Waals surface area contributed by atoms with Crippen LogP contribution in [0.15, 0.2) is 48.5 Å². The van der Waals surface area contributed by atoms with E-state index in [9.17, 15) is 18.0 Å². The fourth-order valence-electron chi connectivity index (χ4n) is 1.87. The molecule has 134 valence electrons. The first kappa shape index (κ1) is 18.9. The number of para-hydroxylation sites is 3. The van der Waals surface area contributed by atoms with E-state index < -0.39 is 24.8 Å². The van der Waals surface area contributed by atoms with Gasteiger partial charge in [0.1, 0.15) is 11.5 Å². The predicted molar refractivity (Wildman–Crippen MR) is 88.2 cm³/mol. The van der Waals surface area contributed by atoms with E-state index in [1.807, 2.05) is 0 Å². The molecule has 2 aromatic carbocycles. The van der Waals surface area contributed by atoms with Crippen LogP contribution in [-0.2, 0) is 4.79 Å². The van der Waals surface area contributed by atoms with Crippen molar-refractivity contribution in [2.45, 2.75) is 19.2 Å². The quantitative estimate of drug-likeness (QED) is 0.799. The number of hydrogen-bond acceptors (Lipinski definition) is 3. The van der Waals surface area contributed by atoms with Gasteiger partial charge in [0.15, 0.2) is 12.7 Å². The zero-order valence-electron chi connectivity index (χ0n) is 13.1. The van der Waals surface area contributed by atoms with Crippen LogP contribution in [0.3, 0.4) is 0 Å². The third kappa shape index (κ3) is 5.86. The third-order valence-electron chi connectivity index (χ3n) is 3.05. The Morgan fingerprint density at radius 1 is 1.12 bits per heavy atom. The molecule has 1 atom stereocenters. The number of rotatable bonds is 6. The van der Waals surface area contributed by atoms with Gasteiger partial charge in [0, 0.05) is 0 Å². The van der Waals surface area contributed by atoms with Gasteiger partial charge in [-0.15, -0.1) is 0 Å². The zero-order chi connectivity index (χ0) is 18.4. The Bertz CT molecular complexity index is 737. The molecular formula is C17H15ClF3NO3. The van der Waals surface area contributed by atoms with Crippen molar-refractivity contribution in [3.05, 3.63) is 53.6 Å². The number of amides is 1. The summed E-state index contributed by atoms with van der Waals surface area (Å²) in [5.74, 6) is -0.311. The SMILES string of the molecule is CC(Oc1ccccc1Cl)C(=O)Nc1ccccc1OCC(F)(F)F. The zero-order valence-corrected chi connectivity index (χ0v) is 13.9. The molecule has 1 N–H and O–H groups in total. The molecule has 0 fully saturated rings. The van der Waals surface area contributed by atoms with Crippen LogP contribution in [0.25, 0.3) is 0 Å². The van der Waals surface area contributed by atoms with Gasteiger partial charge in [0.2, 0.25) is 0 Å². The van der Waals surface area contributed by atoms with E-state index in [1.165, 1.54) is 25.1 Å². The molecule has 0 aliphatic carbocycles. The standard InChI is InChI=1S/C17H15ClF3NO3/c1-11(25-14-8-4-2-6-12(14)18)16(23)22-13-7-3-5-9-15(13)24-10-17(19,20)21/h2-9,11H,10H2,1H3,(H,22,23). The van der Waals surface area contributed by atoms with Gasteiger partial charge in [0.25, 0.3) is 5.91 Å². The summed E-state index contributed by atoms with van der Waals surface area (Å²) >= 11 is 5.96. The largest absolute Gasteiger partial charge is 0.482 e. The second kappa shape index (κ2) is 8.11. The molecule has 25 heavy (non-hydrogen) atoms. The van der Waals surface area contributed by atoms with Gasteiger partial charge in [-0.05, 0) is 31.2 Å². The first-order chi connectivity index (χ1) is 11.8. The summed E-state index contributed by atoms with van der Waals surface area (Å²) in [5.41, 5.74) is 0.117. The highest BCUT2D eigenvalue weighted by atomic mass is 35.5. The molecule has 0 aliphatic rings. The molecule has 0 heterocycles. The molecule has 0 aromatic heterocycles. The lowest BCUT2D eigenvalue weighted by molar-refractivity contribution is -0.153. The maximum Gasteiger partial charge on any atom is 0.422 e. The normalized spacial score (nSPS) is 12.4. The van der Waals surface area contributed by atoms with Crippen LogP contribution in [0, 0.1) is 0 Å². The van der Waals surface area contributed by atoms with Crippen LogP contribution in [0.2, 0.25) is 5.02 Å². The van der Waals surface area contributed by atoms with Crippen LogP contribution in [0.4, 0.5) is 18.9 Å². The molecule has 0 radical (unpaired) electrons. The highest BCUT2D eigenvalue weighted by molar-refractivity contribution is 6.32. The lowest BCUT2D eigenvalue weighted by Crippen LogP contribution is -2.30. The van der Waals surface area contributed by atoms with Crippen molar-refractivity contribution in [3.8, 4) is 11.5 Å². The number of halogens is 4. The van der Waals surface area contributed by atoms with Crippen molar-refractivity contribution in [2.24, 2.45) is 0 Å². The molecule has 0 saturated carbocycles. The van der Waals surface area contributed by atoms with Gasteiger partial charge < -0.3 is 14.8 Å². The molecule has 0 saturated heterocycles. The number of carbonyl (C=O) groups is 1. The molecular weight excluding hydrogens is 359 g/mol. The summed E-state index contributed by atoms with van der Waals surface area (Å²) in [6, 6.07) is 12.5. The fraction of sp³-hybridized carbons (Fsp3) is 0.235. The molecule has 1 unspecified atom stereocenters. The van der Waals surface area contributed by atoms with E-state index in [0.29, 0.717) is 10.8 Å². The Labute approximate surface area is 147 Å². The molecule has 0 bridgehead atoms. The number of nitrogens with one attached hydrogen (secondary N) is 1. The molecule has 2 rings (SSSR count). The summed E-state index contributed by atoms with van der Waals surface area (Å²) in [6.07, 6.45) is -5.40. The second-order valence-electron chi connectivity index (χ2n) is 5.08. The van der Waals surface area contributed by atoms with E-state index in [4.69, 9.17) is 21.1 Å². The number of benzene rings is 2. The molecule has 1 amide bonds. The number of alkyl halides is 3. The lowest BCUT2D eigenvalue weighted by Gasteiger charge is -2.17. The van der Waals surface area contributed by atoms with Gasteiger partial charge in [-0.25, -0.2) is 0 Å². The minimum Gasteiger partial charge on any atom is -0.482 e. The second-order valence-corrected chi connectivity index (χ2v) is 5.49. The number of carbonyl (C=O) groups excluding carboxylic acids is 1. The Balaban J connectivity index is 2.03. The number of hydrogen-bond donors (Lipinski definition) is 1. The van der Waals surface area contributed by atoms with Gasteiger partial charge >= 0.3 is 6.18 Å². The van der Waals surface area contributed by atoms with Crippen molar-refractivity contribution >= 4 is 23.2 Å². The summed E-state index contributed by atoms with van der Waals surface area (Å²) < 4.78 is 47.1. The van der Waals surface area contributed by atoms with Gasteiger partial charge in [-0.3, -0.25) is 4.79 Å². The lowest BCUT2D eigenvalue weighted by atomic mass is 10.2. The van der Waals surface area contributed by atoms with E-state index >= 15 is 0 Å². The highest BCUT2D eigenvalue weighted by Gasteiger charge is 2.29. The van der Waals surface area contributed by atoms with Crippen molar-refractivity contribution in [3.63, 3.8) is 0 Å². The smallest absolute Gasteiger partial charge is 0.422 e. The van der Waals surface area contributed by atoms with Crippen LogP contribution < -0.4 is 14.8 Å². The average molecular weight is 374 g/mol. The third-order valence-corrected chi connectivity index (χ3v) is 3.36. The van der Waals surface area contributed by atoms with Gasteiger partial charge in [-0.1, -0.05) is 35.9 Å².